The van der Waals surface area contributed by atoms with Gasteiger partial charge in [0.2, 0.25) is 5.82 Å². The van der Waals surface area contributed by atoms with Crippen LogP contribution in [0, 0.1) is 0 Å². The van der Waals surface area contributed by atoms with Gasteiger partial charge < -0.3 is 9.64 Å². The van der Waals surface area contributed by atoms with E-state index < -0.39 is 0 Å². The fraction of sp³-hybridized carbons (Fsp3) is 0.312. The monoisotopic (exact) mass is 283 g/mol. The SMILES string of the molecule is C[C@@H]1CN(C(=O)c2ncccn2)C[C@H](c2ccccc2)O1. The molecule has 3 rings (SSSR count). The summed E-state index contributed by atoms with van der Waals surface area (Å²) in [5.41, 5.74) is 1.08. The molecule has 0 aliphatic carbocycles. The molecule has 21 heavy (non-hydrogen) atoms. The van der Waals surface area contributed by atoms with Gasteiger partial charge in [-0.3, -0.25) is 4.79 Å². The van der Waals surface area contributed by atoms with Crippen LogP contribution >= 0.6 is 0 Å². The van der Waals surface area contributed by atoms with Gasteiger partial charge in [-0.2, -0.15) is 0 Å². The van der Waals surface area contributed by atoms with E-state index in [-0.39, 0.29) is 23.9 Å². The van der Waals surface area contributed by atoms with Gasteiger partial charge in [0.05, 0.1) is 12.6 Å². The Morgan fingerprint density at radius 1 is 1.14 bits per heavy atom. The largest absolute Gasteiger partial charge is 0.367 e. The van der Waals surface area contributed by atoms with E-state index in [1.54, 1.807) is 23.4 Å². The van der Waals surface area contributed by atoms with E-state index >= 15 is 0 Å². The Balaban J connectivity index is 1.79. The zero-order valence-electron chi connectivity index (χ0n) is 11.8. The minimum absolute atomic E-state index is 0.0170. The minimum Gasteiger partial charge on any atom is -0.367 e. The van der Waals surface area contributed by atoms with Crippen molar-refractivity contribution in [2.24, 2.45) is 0 Å². The maximum Gasteiger partial charge on any atom is 0.291 e. The second-order valence-electron chi connectivity index (χ2n) is 5.13. The summed E-state index contributed by atoms with van der Waals surface area (Å²) < 4.78 is 5.95. The Kier molecular flexibility index (Phi) is 3.92. The van der Waals surface area contributed by atoms with Crippen LogP contribution in [0.15, 0.2) is 48.8 Å². The zero-order chi connectivity index (χ0) is 14.7. The quantitative estimate of drug-likeness (QED) is 0.846. The number of carbonyl (C=O) groups is 1. The molecule has 1 fully saturated rings. The number of hydrogen-bond donors (Lipinski definition) is 0. The van der Waals surface area contributed by atoms with E-state index in [1.165, 1.54) is 0 Å². The molecule has 108 valence electrons. The highest BCUT2D eigenvalue weighted by Crippen LogP contribution is 2.25. The van der Waals surface area contributed by atoms with Crippen molar-refractivity contribution in [1.29, 1.82) is 0 Å². The first-order valence-electron chi connectivity index (χ1n) is 7.01. The van der Waals surface area contributed by atoms with Crippen LogP contribution in [0.5, 0.6) is 0 Å². The third-order valence-electron chi connectivity index (χ3n) is 3.48. The highest BCUT2D eigenvalue weighted by Gasteiger charge is 2.30. The van der Waals surface area contributed by atoms with Crippen molar-refractivity contribution in [3.8, 4) is 0 Å². The third kappa shape index (κ3) is 3.08. The molecule has 1 aliphatic heterocycles. The average Bonchev–Trinajstić information content (AvgIpc) is 2.55. The molecule has 5 heteroatoms. The standard InChI is InChI=1S/C16H17N3O2/c1-12-10-19(16(20)15-17-8-5-9-18-15)11-14(21-12)13-6-3-2-4-7-13/h2-9,12,14H,10-11H2,1H3/t12-,14-/m1/s1. The summed E-state index contributed by atoms with van der Waals surface area (Å²) in [7, 11) is 0. The van der Waals surface area contributed by atoms with Gasteiger partial charge >= 0.3 is 0 Å². The zero-order valence-corrected chi connectivity index (χ0v) is 11.8. The van der Waals surface area contributed by atoms with Gasteiger partial charge in [-0.25, -0.2) is 9.97 Å². The smallest absolute Gasteiger partial charge is 0.291 e. The van der Waals surface area contributed by atoms with Crippen molar-refractivity contribution in [1.82, 2.24) is 14.9 Å². The van der Waals surface area contributed by atoms with Crippen molar-refractivity contribution < 1.29 is 9.53 Å². The maximum atomic E-state index is 12.5. The maximum absolute atomic E-state index is 12.5. The first-order valence-corrected chi connectivity index (χ1v) is 7.01. The van der Waals surface area contributed by atoms with Gasteiger partial charge in [0.15, 0.2) is 0 Å². The molecular weight excluding hydrogens is 266 g/mol. The molecule has 1 aromatic carbocycles. The molecule has 0 radical (unpaired) electrons. The molecule has 0 spiro atoms. The fourth-order valence-corrected chi connectivity index (χ4v) is 2.52. The van der Waals surface area contributed by atoms with E-state index in [0.717, 1.165) is 5.56 Å². The number of ether oxygens (including phenoxy) is 1. The second-order valence-corrected chi connectivity index (χ2v) is 5.13. The molecule has 1 amide bonds. The van der Waals surface area contributed by atoms with Crippen molar-refractivity contribution in [2.45, 2.75) is 19.1 Å². The molecule has 1 aromatic heterocycles. The van der Waals surface area contributed by atoms with Gasteiger partial charge in [0.25, 0.3) is 5.91 Å². The Hall–Kier alpha value is -2.27. The van der Waals surface area contributed by atoms with Crippen LogP contribution in [0.4, 0.5) is 0 Å². The fourth-order valence-electron chi connectivity index (χ4n) is 2.52. The summed E-state index contributed by atoms with van der Waals surface area (Å²) in [5, 5.41) is 0. The second kappa shape index (κ2) is 6.01. The lowest BCUT2D eigenvalue weighted by atomic mass is 10.1. The number of rotatable bonds is 2. The molecule has 0 saturated carbocycles. The Labute approximate surface area is 123 Å². The van der Waals surface area contributed by atoms with E-state index in [1.807, 2.05) is 37.3 Å². The first-order chi connectivity index (χ1) is 10.2. The topological polar surface area (TPSA) is 55.3 Å². The van der Waals surface area contributed by atoms with Crippen LogP contribution < -0.4 is 0 Å². The average molecular weight is 283 g/mol. The summed E-state index contributed by atoms with van der Waals surface area (Å²) in [6, 6.07) is 11.7. The normalized spacial score (nSPS) is 22.0. The summed E-state index contributed by atoms with van der Waals surface area (Å²) in [6.45, 7) is 3.05. The van der Waals surface area contributed by atoms with Crippen LogP contribution in [-0.2, 0) is 4.74 Å². The Morgan fingerprint density at radius 3 is 2.57 bits per heavy atom. The lowest BCUT2D eigenvalue weighted by Gasteiger charge is -2.36. The van der Waals surface area contributed by atoms with Crippen LogP contribution in [-0.4, -0.2) is 40.0 Å². The molecule has 0 unspecified atom stereocenters. The number of hydrogen-bond acceptors (Lipinski definition) is 4. The van der Waals surface area contributed by atoms with Crippen molar-refractivity contribution in [3.05, 3.63) is 60.2 Å². The van der Waals surface area contributed by atoms with E-state index in [0.29, 0.717) is 13.1 Å². The van der Waals surface area contributed by atoms with E-state index in [2.05, 4.69) is 9.97 Å². The number of benzene rings is 1. The Morgan fingerprint density at radius 2 is 1.86 bits per heavy atom. The first kappa shape index (κ1) is 13.7. The van der Waals surface area contributed by atoms with E-state index in [9.17, 15) is 4.79 Å². The van der Waals surface area contributed by atoms with Gasteiger partial charge in [-0.15, -0.1) is 0 Å². The molecule has 5 nitrogen and oxygen atoms in total. The molecule has 0 bridgehead atoms. The van der Waals surface area contributed by atoms with Gasteiger partial charge in [0.1, 0.15) is 6.10 Å². The highest BCUT2D eigenvalue weighted by atomic mass is 16.5. The number of amides is 1. The summed E-state index contributed by atoms with van der Waals surface area (Å²) >= 11 is 0. The summed E-state index contributed by atoms with van der Waals surface area (Å²) in [4.78, 5) is 22.3. The lowest BCUT2D eigenvalue weighted by molar-refractivity contribution is -0.0694. The summed E-state index contributed by atoms with van der Waals surface area (Å²) in [5.74, 6) is 0.0880. The third-order valence-corrected chi connectivity index (χ3v) is 3.48. The van der Waals surface area contributed by atoms with Crippen LogP contribution in [0.2, 0.25) is 0 Å². The number of carbonyl (C=O) groups excluding carboxylic acids is 1. The Bertz CT molecular complexity index is 603. The highest BCUT2D eigenvalue weighted by molar-refractivity contribution is 5.90. The predicted octanol–water partition coefficient (Wildman–Crippen LogP) is 2.08. The van der Waals surface area contributed by atoms with Crippen LogP contribution in [0.25, 0.3) is 0 Å². The number of aromatic nitrogens is 2. The molecule has 1 aliphatic rings. The van der Waals surface area contributed by atoms with Crippen molar-refractivity contribution >= 4 is 5.91 Å². The van der Waals surface area contributed by atoms with Crippen LogP contribution in [0.1, 0.15) is 29.2 Å². The van der Waals surface area contributed by atoms with Crippen molar-refractivity contribution in [3.63, 3.8) is 0 Å². The number of morpholine rings is 1. The molecule has 2 atom stereocenters. The van der Waals surface area contributed by atoms with Crippen molar-refractivity contribution in [2.75, 3.05) is 13.1 Å². The molecule has 2 heterocycles. The molecule has 1 saturated heterocycles. The molecule has 2 aromatic rings. The predicted molar refractivity (Wildman–Crippen MR) is 77.7 cm³/mol. The minimum atomic E-state index is -0.147. The number of nitrogens with zero attached hydrogens (tertiary/aromatic N) is 3. The summed E-state index contributed by atoms with van der Waals surface area (Å²) in [6.07, 6.45) is 3.04. The molecular formula is C16H17N3O2. The lowest BCUT2D eigenvalue weighted by Crippen LogP contribution is -2.46. The van der Waals surface area contributed by atoms with Gasteiger partial charge in [-0.05, 0) is 18.6 Å². The van der Waals surface area contributed by atoms with Gasteiger partial charge in [-0.1, -0.05) is 30.3 Å². The van der Waals surface area contributed by atoms with E-state index in [4.69, 9.17) is 4.74 Å². The van der Waals surface area contributed by atoms with Gasteiger partial charge in [0, 0.05) is 18.9 Å². The van der Waals surface area contributed by atoms with Crippen LogP contribution in [0.3, 0.4) is 0 Å². The molecule has 0 N–H and O–H groups in total.